The molecule has 3 N–H and O–H groups in total. The smallest absolute Gasteiger partial charge is 0.315 e. The summed E-state index contributed by atoms with van der Waals surface area (Å²) in [6.45, 7) is 2.11. The molecule has 0 aliphatic carbocycles. The van der Waals surface area contributed by atoms with Crippen molar-refractivity contribution in [2.75, 3.05) is 20.3 Å². The number of aliphatic hydroxyl groups excluding tert-OH is 1. The highest BCUT2D eigenvalue weighted by Crippen LogP contribution is 2.24. The summed E-state index contributed by atoms with van der Waals surface area (Å²) < 4.78 is 5.35. The van der Waals surface area contributed by atoms with Crippen LogP contribution < -0.4 is 10.6 Å². The Kier molecular flexibility index (Phi) is 7.36. The van der Waals surface area contributed by atoms with Gasteiger partial charge in [0.1, 0.15) is 6.10 Å². The van der Waals surface area contributed by atoms with E-state index < -0.39 is 0 Å². The summed E-state index contributed by atoms with van der Waals surface area (Å²) in [5.41, 5.74) is 0.825. The molecule has 1 rings (SSSR count). The van der Waals surface area contributed by atoms with Crippen molar-refractivity contribution in [1.82, 2.24) is 10.6 Å². The van der Waals surface area contributed by atoms with Gasteiger partial charge < -0.3 is 20.5 Å². The molecule has 112 valence electrons. The quantitative estimate of drug-likeness (QED) is 0.722. The molecule has 0 radical (unpaired) electrons. The molecule has 5 nitrogen and oxygen atoms in total. The first kappa shape index (κ1) is 16.8. The average molecular weight is 301 g/mol. The Morgan fingerprint density at radius 1 is 1.45 bits per heavy atom. The number of rotatable bonds is 7. The number of benzene rings is 1. The minimum Gasteiger partial charge on any atom is -0.394 e. The van der Waals surface area contributed by atoms with Crippen LogP contribution in [0.2, 0.25) is 5.02 Å². The number of hydrogen-bond donors (Lipinski definition) is 3. The molecule has 2 atom stereocenters. The zero-order valence-electron chi connectivity index (χ0n) is 11.7. The van der Waals surface area contributed by atoms with E-state index in [1.165, 1.54) is 0 Å². The second-order valence-electron chi connectivity index (χ2n) is 4.39. The lowest BCUT2D eigenvalue weighted by atomic mass is 10.1. The van der Waals surface area contributed by atoms with E-state index in [0.29, 0.717) is 18.0 Å². The van der Waals surface area contributed by atoms with Crippen LogP contribution in [0.25, 0.3) is 0 Å². The summed E-state index contributed by atoms with van der Waals surface area (Å²) in [7, 11) is 1.57. The van der Waals surface area contributed by atoms with E-state index in [4.69, 9.17) is 21.4 Å². The van der Waals surface area contributed by atoms with Gasteiger partial charge in [-0.25, -0.2) is 4.79 Å². The van der Waals surface area contributed by atoms with Gasteiger partial charge in [-0.15, -0.1) is 0 Å². The predicted octanol–water partition coefficient (Wildman–Crippen LogP) is 2.10. The summed E-state index contributed by atoms with van der Waals surface area (Å²) in [5.74, 6) is 0. The first-order chi connectivity index (χ1) is 9.62. The van der Waals surface area contributed by atoms with Gasteiger partial charge in [-0.3, -0.25) is 0 Å². The molecule has 1 aromatic rings. The van der Waals surface area contributed by atoms with Gasteiger partial charge in [-0.05, 0) is 12.5 Å². The predicted molar refractivity (Wildman–Crippen MR) is 78.9 cm³/mol. The maximum absolute atomic E-state index is 11.7. The van der Waals surface area contributed by atoms with Gasteiger partial charge in [0.15, 0.2) is 0 Å². The average Bonchev–Trinajstić information content (AvgIpc) is 2.47. The third-order valence-electron chi connectivity index (χ3n) is 3.03. The number of amides is 2. The number of hydrogen-bond acceptors (Lipinski definition) is 3. The van der Waals surface area contributed by atoms with Gasteiger partial charge in [-0.2, -0.15) is 0 Å². The largest absolute Gasteiger partial charge is 0.394 e. The van der Waals surface area contributed by atoms with E-state index in [-0.39, 0.29) is 24.8 Å². The van der Waals surface area contributed by atoms with Gasteiger partial charge in [0.25, 0.3) is 0 Å². The fourth-order valence-electron chi connectivity index (χ4n) is 1.76. The maximum atomic E-state index is 11.7. The minimum atomic E-state index is -0.333. The molecule has 0 fully saturated rings. The standard InChI is InChI=1S/C14H21ClN2O3/c1-3-10(9-18)17-14(19)16-8-13(20-2)11-6-4-5-7-12(11)15/h4-7,10,13,18H,3,8-9H2,1-2H3,(H2,16,17,19). The Bertz CT molecular complexity index is 425. The van der Waals surface area contributed by atoms with Crippen LogP contribution in [0.3, 0.4) is 0 Å². The van der Waals surface area contributed by atoms with Crippen molar-refractivity contribution >= 4 is 17.6 Å². The van der Waals surface area contributed by atoms with Gasteiger partial charge >= 0.3 is 6.03 Å². The Morgan fingerprint density at radius 2 is 2.15 bits per heavy atom. The summed E-state index contributed by atoms with van der Waals surface area (Å²) in [4.78, 5) is 11.7. The third kappa shape index (κ3) is 5.00. The molecule has 2 amide bonds. The van der Waals surface area contributed by atoms with Crippen LogP contribution in [-0.2, 0) is 4.74 Å². The SMILES string of the molecule is CCC(CO)NC(=O)NCC(OC)c1ccccc1Cl. The number of carbonyl (C=O) groups excluding carboxylic acids is 1. The van der Waals surface area contributed by atoms with Crippen molar-refractivity contribution in [3.05, 3.63) is 34.9 Å². The first-order valence-corrected chi connectivity index (χ1v) is 6.92. The van der Waals surface area contributed by atoms with E-state index in [0.717, 1.165) is 5.56 Å². The Hall–Kier alpha value is -1.30. The Labute approximate surface area is 124 Å². The highest BCUT2D eigenvalue weighted by Gasteiger charge is 2.15. The zero-order chi connectivity index (χ0) is 15.0. The summed E-state index contributed by atoms with van der Waals surface area (Å²) >= 11 is 6.10. The van der Waals surface area contributed by atoms with E-state index in [1.54, 1.807) is 13.2 Å². The number of nitrogens with one attached hydrogen (secondary N) is 2. The van der Waals surface area contributed by atoms with Gasteiger partial charge in [-0.1, -0.05) is 36.7 Å². The molecule has 0 saturated heterocycles. The van der Waals surface area contributed by atoms with Crippen LogP contribution >= 0.6 is 11.6 Å². The van der Waals surface area contributed by atoms with Crippen LogP contribution in [0.4, 0.5) is 4.79 Å². The number of methoxy groups -OCH3 is 1. The number of halogens is 1. The van der Waals surface area contributed by atoms with Gasteiger partial charge in [0.05, 0.1) is 12.6 Å². The minimum absolute atomic E-state index is 0.0812. The summed E-state index contributed by atoms with van der Waals surface area (Å²) in [6, 6.07) is 6.77. The molecule has 0 aliphatic rings. The molecule has 0 aromatic heterocycles. The Balaban J connectivity index is 2.54. The monoisotopic (exact) mass is 300 g/mol. The van der Waals surface area contributed by atoms with Crippen LogP contribution in [0.15, 0.2) is 24.3 Å². The number of aliphatic hydroxyl groups is 1. The van der Waals surface area contributed by atoms with Crippen LogP contribution in [0.5, 0.6) is 0 Å². The highest BCUT2D eigenvalue weighted by atomic mass is 35.5. The van der Waals surface area contributed by atoms with Crippen LogP contribution in [0, 0.1) is 0 Å². The van der Waals surface area contributed by atoms with E-state index in [9.17, 15) is 4.79 Å². The van der Waals surface area contributed by atoms with Crippen molar-refractivity contribution < 1.29 is 14.6 Å². The molecule has 6 heteroatoms. The van der Waals surface area contributed by atoms with Gasteiger partial charge in [0.2, 0.25) is 0 Å². The second kappa shape index (κ2) is 8.79. The number of urea groups is 1. The maximum Gasteiger partial charge on any atom is 0.315 e. The molecule has 0 spiro atoms. The van der Waals surface area contributed by atoms with Crippen molar-refractivity contribution in [1.29, 1.82) is 0 Å². The lowest BCUT2D eigenvalue weighted by molar-refractivity contribution is 0.103. The first-order valence-electron chi connectivity index (χ1n) is 6.54. The second-order valence-corrected chi connectivity index (χ2v) is 4.80. The summed E-state index contributed by atoms with van der Waals surface area (Å²) in [6.07, 6.45) is 0.353. The van der Waals surface area contributed by atoms with Crippen molar-refractivity contribution in [3.8, 4) is 0 Å². The van der Waals surface area contributed by atoms with Crippen molar-refractivity contribution in [2.45, 2.75) is 25.5 Å². The fourth-order valence-corrected chi connectivity index (χ4v) is 2.01. The molecule has 20 heavy (non-hydrogen) atoms. The van der Waals surface area contributed by atoms with Crippen LogP contribution in [0.1, 0.15) is 25.0 Å². The topological polar surface area (TPSA) is 70.6 Å². The van der Waals surface area contributed by atoms with Crippen LogP contribution in [-0.4, -0.2) is 37.4 Å². The van der Waals surface area contributed by atoms with E-state index in [2.05, 4.69) is 10.6 Å². The molecule has 0 saturated carbocycles. The third-order valence-corrected chi connectivity index (χ3v) is 3.38. The van der Waals surface area contributed by atoms with E-state index >= 15 is 0 Å². The summed E-state index contributed by atoms with van der Waals surface area (Å²) in [5, 5.41) is 15.0. The fraction of sp³-hybridized carbons (Fsp3) is 0.500. The normalized spacial score (nSPS) is 13.6. The molecule has 0 bridgehead atoms. The lowest BCUT2D eigenvalue weighted by Crippen LogP contribution is -2.44. The number of ether oxygens (including phenoxy) is 1. The highest BCUT2D eigenvalue weighted by molar-refractivity contribution is 6.31. The lowest BCUT2D eigenvalue weighted by Gasteiger charge is -2.19. The molecule has 0 aliphatic heterocycles. The molecular formula is C14H21ClN2O3. The molecule has 2 unspecified atom stereocenters. The van der Waals surface area contributed by atoms with Crippen molar-refractivity contribution in [3.63, 3.8) is 0 Å². The Morgan fingerprint density at radius 3 is 2.70 bits per heavy atom. The van der Waals surface area contributed by atoms with E-state index in [1.807, 2.05) is 25.1 Å². The number of carbonyl (C=O) groups is 1. The molecular weight excluding hydrogens is 280 g/mol. The zero-order valence-corrected chi connectivity index (χ0v) is 12.5. The van der Waals surface area contributed by atoms with Gasteiger partial charge in [0, 0.05) is 24.2 Å². The molecule has 0 heterocycles. The molecule has 1 aromatic carbocycles. The van der Waals surface area contributed by atoms with Crippen molar-refractivity contribution in [2.24, 2.45) is 0 Å².